The summed E-state index contributed by atoms with van der Waals surface area (Å²) in [7, 11) is 0. The van der Waals surface area contributed by atoms with Gasteiger partial charge in [-0.15, -0.1) is 0 Å². The van der Waals surface area contributed by atoms with E-state index >= 15 is 0 Å². The van der Waals surface area contributed by atoms with Gasteiger partial charge in [0.25, 0.3) is 0 Å². The zero-order valence-electron chi connectivity index (χ0n) is 17.9. The maximum absolute atomic E-state index is 13.6. The highest BCUT2D eigenvalue weighted by Crippen LogP contribution is 2.40. The van der Waals surface area contributed by atoms with E-state index in [9.17, 15) is 14.4 Å². The Morgan fingerprint density at radius 3 is 2.59 bits per heavy atom. The predicted molar refractivity (Wildman–Crippen MR) is 122 cm³/mol. The van der Waals surface area contributed by atoms with Crippen molar-refractivity contribution in [2.45, 2.75) is 24.7 Å². The normalized spacial score (nSPS) is 21.1. The molecule has 1 atom stereocenters. The smallest absolute Gasteiger partial charge is 0.240 e. The first-order chi connectivity index (χ1) is 15.6. The van der Waals surface area contributed by atoms with Crippen LogP contribution in [0.4, 0.5) is 0 Å². The van der Waals surface area contributed by atoms with E-state index < -0.39 is 5.41 Å². The summed E-state index contributed by atoms with van der Waals surface area (Å²) in [6, 6.07) is 12.9. The molecule has 0 N–H and O–H groups in total. The van der Waals surface area contributed by atoms with E-state index in [0.717, 1.165) is 17.1 Å². The van der Waals surface area contributed by atoms with Gasteiger partial charge in [-0.05, 0) is 24.1 Å². The molecule has 0 aliphatic carbocycles. The van der Waals surface area contributed by atoms with Crippen LogP contribution >= 0.6 is 11.8 Å². The van der Waals surface area contributed by atoms with Crippen molar-refractivity contribution in [1.82, 2.24) is 14.8 Å². The second kappa shape index (κ2) is 10.2. The number of nitrogens with zero attached hydrogens (tertiary/aromatic N) is 3. The second-order valence-electron chi connectivity index (χ2n) is 8.04. The molecule has 2 aliphatic rings. The van der Waals surface area contributed by atoms with Crippen LogP contribution in [0.1, 0.15) is 24.8 Å². The van der Waals surface area contributed by atoms with Gasteiger partial charge in [-0.1, -0.05) is 30.3 Å². The van der Waals surface area contributed by atoms with Crippen molar-refractivity contribution in [3.8, 4) is 5.75 Å². The van der Waals surface area contributed by atoms with E-state index in [4.69, 9.17) is 4.74 Å². The van der Waals surface area contributed by atoms with Crippen LogP contribution in [0.15, 0.2) is 54.9 Å². The van der Waals surface area contributed by atoms with Crippen molar-refractivity contribution in [3.05, 3.63) is 60.4 Å². The van der Waals surface area contributed by atoms with E-state index in [-0.39, 0.29) is 37.1 Å². The fourth-order valence-electron chi connectivity index (χ4n) is 4.28. The van der Waals surface area contributed by atoms with E-state index in [1.807, 2.05) is 53.1 Å². The lowest BCUT2D eigenvalue weighted by Gasteiger charge is -2.32. The first-order valence-electron chi connectivity index (χ1n) is 10.9. The Labute approximate surface area is 192 Å². The number of imide groups is 1. The Morgan fingerprint density at radius 2 is 1.88 bits per heavy atom. The number of benzene rings is 1. The predicted octanol–water partition coefficient (Wildman–Crippen LogP) is 2.51. The topological polar surface area (TPSA) is 79.8 Å². The lowest BCUT2D eigenvalue weighted by Crippen LogP contribution is -2.45. The molecule has 2 fully saturated rings. The molecule has 0 saturated carbocycles. The average Bonchev–Trinajstić information content (AvgIpc) is 3.08. The Morgan fingerprint density at radius 1 is 1.09 bits per heavy atom. The van der Waals surface area contributed by atoms with Crippen molar-refractivity contribution in [2.24, 2.45) is 0 Å². The lowest BCUT2D eigenvalue weighted by molar-refractivity contribution is -0.142. The molecule has 1 aromatic heterocycles. The maximum atomic E-state index is 13.6. The van der Waals surface area contributed by atoms with Crippen LogP contribution in [0.2, 0.25) is 0 Å². The van der Waals surface area contributed by atoms with Gasteiger partial charge >= 0.3 is 0 Å². The number of amides is 3. The van der Waals surface area contributed by atoms with Gasteiger partial charge in [0, 0.05) is 50.2 Å². The number of thioether (sulfide) groups is 1. The van der Waals surface area contributed by atoms with Gasteiger partial charge in [-0.3, -0.25) is 24.3 Å². The van der Waals surface area contributed by atoms with Crippen molar-refractivity contribution in [1.29, 1.82) is 0 Å². The molecule has 32 heavy (non-hydrogen) atoms. The molecular weight excluding hydrogens is 426 g/mol. The molecule has 0 radical (unpaired) electrons. The molecule has 2 aliphatic heterocycles. The summed E-state index contributed by atoms with van der Waals surface area (Å²) in [6.07, 6.45) is 3.84. The van der Waals surface area contributed by atoms with Crippen LogP contribution in [0.5, 0.6) is 5.75 Å². The highest BCUT2D eigenvalue weighted by atomic mass is 32.2. The third-order valence-corrected chi connectivity index (χ3v) is 6.92. The zero-order chi connectivity index (χ0) is 22.4. The molecule has 4 rings (SSSR count). The number of carbonyl (C=O) groups is 3. The summed E-state index contributed by atoms with van der Waals surface area (Å²) in [6.45, 7) is 2.00. The number of rotatable bonds is 8. The highest BCUT2D eigenvalue weighted by molar-refractivity contribution is 7.99. The van der Waals surface area contributed by atoms with E-state index in [2.05, 4.69) is 4.98 Å². The fraction of sp³-hybridized carbons (Fsp3) is 0.417. The molecule has 3 amide bonds. The van der Waals surface area contributed by atoms with Crippen molar-refractivity contribution in [2.75, 3.05) is 37.7 Å². The minimum Gasteiger partial charge on any atom is -0.492 e. The first kappa shape index (κ1) is 22.3. The lowest BCUT2D eigenvalue weighted by atomic mass is 9.75. The van der Waals surface area contributed by atoms with E-state index in [1.54, 1.807) is 18.5 Å². The summed E-state index contributed by atoms with van der Waals surface area (Å²) < 4.78 is 5.64. The van der Waals surface area contributed by atoms with Crippen LogP contribution in [-0.2, 0) is 19.8 Å². The van der Waals surface area contributed by atoms with Crippen LogP contribution in [0.3, 0.4) is 0 Å². The molecule has 0 bridgehead atoms. The number of ether oxygens (including phenoxy) is 1. The van der Waals surface area contributed by atoms with Gasteiger partial charge in [0.1, 0.15) is 5.75 Å². The van der Waals surface area contributed by atoms with E-state index in [1.165, 1.54) is 4.90 Å². The van der Waals surface area contributed by atoms with Crippen LogP contribution in [0.25, 0.3) is 0 Å². The first-order valence-corrected chi connectivity index (χ1v) is 12.0. The number of hydrogen-bond acceptors (Lipinski definition) is 6. The van der Waals surface area contributed by atoms with Gasteiger partial charge in [0.05, 0.1) is 18.2 Å². The summed E-state index contributed by atoms with van der Waals surface area (Å²) in [5.41, 5.74) is -0.406. The van der Waals surface area contributed by atoms with Crippen LogP contribution in [0, 0.1) is 0 Å². The van der Waals surface area contributed by atoms with Crippen LogP contribution < -0.4 is 4.74 Å². The van der Waals surface area contributed by atoms with E-state index in [0.29, 0.717) is 31.9 Å². The summed E-state index contributed by atoms with van der Waals surface area (Å²) in [5.74, 6) is 1.88. The van der Waals surface area contributed by atoms with Gasteiger partial charge in [0.2, 0.25) is 17.7 Å². The Bertz CT molecular complexity index is 950. The third kappa shape index (κ3) is 4.80. The number of pyridine rings is 1. The van der Waals surface area contributed by atoms with Crippen molar-refractivity contribution >= 4 is 29.5 Å². The number of carbonyl (C=O) groups excluding carboxylic acids is 3. The van der Waals surface area contributed by atoms with Gasteiger partial charge in [0.15, 0.2) is 0 Å². The molecule has 3 heterocycles. The summed E-state index contributed by atoms with van der Waals surface area (Å²) >= 11 is 1.83. The molecule has 8 heteroatoms. The number of likely N-dealkylation sites (tertiary alicyclic amines) is 1. The third-order valence-electron chi connectivity index (χ3n) is 5.98. The monoisotopic (exact) mass is 453 g/mol. The Hall–Kier alpha value is -2.87. The summed E-state index contributed by atoms with van der Waals surface area (Å²) in [4.78, 5) is 46.8. The summed E-state index contributed by atoms with van der Waals surface area (Å²) in [5, 5.41) is 0. The number of aromatic nitrogens is 1. The molecule has 168 valence electrons. The largest absolute Gasteiger partial charge is 0.492 e. The quantitative estimate of drug-likeness (QED) is 0.451. The fourth-order valence-corrected chi connectivity index (χ4v) is 5.18. The molecule has 7 nitrogen and oxygen atoms in total. The minimum atomic E-state index is -1.13. The second-order valence-corrected chi connectivity index (χ2v) is 9.26. The average molecular weight is 454 g/mol. The van der Waals surface area contributed by atoms with Gasteiger partial charge < -0.3 is 9.64 Å². The molecular formula is C24H27N3O4S. The minimum absolute atomic E-state index is 0.0215. The standard InChI is InChI=1S/C24H27N3O4S/c28-21(26-11-14-32-15-12-26)16-24(19-6-2-1-3-7-19)17-22(29)27(23(24)30)10-5-13-31-20-8-4-9-25-18-20/h1-4,6-9,18H,5,10-17H2/t24-/m1/s1. The zero-order valence-corrected chi connectivity index (χ0v) is 18.8. The van der Waals surface area contributed by atoms with Crippen molar-refractivity contribution < 1.29 is 19.1 Å². The van der Waals surface area contributed by atoms with Crippen LogP contribution in [-0.4, -0.2) is 70.3 Å². The van der Waals surface area contributed by atoms with Gasteiger partial charge in [-0.25, -0.2) is 0 Å². The maximum Gasteiger partial charge on any atom is 0.240 e. The molecule has 0 spiro atoms. The number of hydrogen-bond donors (Lipinski definition) is 0. The molecule has 2 aromatic rings. The molecule has 1 aromatic carbocycles. The SMILES string of the molecule is O=C(C[C@]1(c2ccccc2)CC(=O)N(CCCOc2cccnc2)C1=O)N1CCSCC1. The Kier molecular flexibility index (Phi) is 7.09. The molecule has 2 saturated heterocycles. The highest BCUT2D eigenvalue weighted by Gasteiger charge is 2.53. The van der Waals surface area contributed by atoms with Gasteiger partial charge in [-0.2, -0.15) is 11.8 Å². The Balaban J connectivity index is 1.47. The molecule has 0 unspecified atom stereocenters. The van der Waals surface area contributed by atoms with Crippen molar-refractivity contribution in [3.63, 3.8) is 0 Å².